The van der Waals surface area contributed by atoms with Crippen LogP contribution >= 0.6 is 0 Å². The first-order valence-corrected chi connectivity index (χ1v) is 3.81. The summed E-state index contributed by atoms with van der Waals surface area (Å²) in [6, 6.07) is 1.71. The quantitative estimate of drug-likeness (QED) is 0.493. The van der Waals surface area contributed by atoms with Crippen molar-refractivity contribution in [1.82, 2.24) is 10.2 Å². The first-order chi connectivity index (χ1) is 4.38. The minimum absolute atomic E-state index is 0.837. The molecule has 1 heterocycles. The summed E-state index contributed by atoms with van der Waals surface area (Å²) >= 11 is 0. The van der Waals surface area contributed by atoms with E-state index in [9.17, 15) is 0 Å². The van der Waals surface area contributed by atoms with Crippen LogP contribution in [0.4, 0.5) is 0 Å². The number of nitrogens with zero attached hydrogens (tertiary/aromatic N) is 1. The number of hydrogen-bond acceptors (Lipinski definition) is 2. The third-order valence-electron chi connectivity index (χ3n) is 2.68. The molecule has 2 unspecified atom stereocenters. The SMILES string of the molecule is CN1CCNC2CCC21. The van der Waals surface area contributed by atoms with E-state index in [0.29, 0.717) is 0 Å². The van der Waals surface area contributed by atoms with E-state index >= 15 is 0 Å². The van der Waals surface area contributed by atoms with Gasteiger partial charge in [0.05, 0.1) is 0 Å². The molecule has 0 bridgehead atoms. The molecule has 2 rings (SSSR count). The Labute approximate surface area is 56.2 Å². The summed E-state index contributed by atoms with van der Waals surface area (Å²) < 4.78 is 0. The summed E-state index contributed by atoms with van der Waals surface area (Å²) in [5.41, 5.74) is 0. The fourth-order valence-electron chi connectivity index (χ4n) is 1.84. The molecule has 0 amide bonds. The number of fused-ring (bicyclic) bond motifs is 1. The first kappa shape index (κ1) is 5.69. The number of nitrogens with one attached hydrogen (secondary N) is 1. The maximum atomic E-state index is 3.51. The van der Waals surface area contributed by atoms with Crippen molar-refractivity contribution in [2.24, 2.45) is 0 Å². The van der Waals surface area contributed by atoms with Gasteiger partial charge in [0, 0.05) is 25.2 Å². The highest BCUT2D eigenvalue weighted by molar-refractivity contribution is 4.96. The fourth-order valence-corrected chi connectivity index (χ4v) is 1.84. The highest BCUT2D eigenvalue weighted by Crippen LogP contribution is 2.26. The zero-order valence-corrected chi connectivity index (χ0v) is 5.93. The summed E-state index contributed by atoms with van der Waals surface area (Å²) in [5, 5.41) is 3.51. The van der Waals surface area contributed by atoms with Crippen molar-refractivity contribution in [3.05, 3.63) is 0 Å². The van der Waals surface area contributed by atoms with Crippen LogP contribution in [0.5, 0.6) is 0 Å². The average molecular weight is 126 g/mol. The van der Waals surface area contributed by atoms with Gasteiger partial charge in [-0.25, -0.2) is 0 Å². The smallest absolute Gasteiger partial charge is 0.0247 e. The van der Waals surface area contributed by atoms with E-state index < -0.39 is 0 Å². The second-order valence-electron chi connectivity index (χ2n) is 3.19. The normalized spacial score (nSPS) is 43.7. The average Bonchev–Trinajstić information content (AvgIpc) is 1.74. The van der Waals surface area contributed by atoms with Crippen molar-refractivity contribution >= 4 is 0 Å². The Morgan fingerprint density at radius 2 is 2.33 bits per heavy atom. The molecule has 0 spiro atoms. The van der Waals surface area contributed by atoms with Crippen molar-refractivity contribution in [2.75, 3.05) is 20.1 Å². The minimum atomic E-state index is 0.837. The zero-order valence-electron chi connectivity index (χ0n) is 5.93. The summed E-state index contributed by atoms with van der Waals surface area (Å²) in [5.74, 6) is 0. The molecular weight excluding hydrogens is 112 g/mol. The van der Waals surface area contributed by atoms with E-state index in [1.54, 1.807) is 0 Å². The molecule has 9 heavy (non-hydrogen) atoms. The Kier molecular flexibility index (Phi) is 1.24. The third-order valence-corrected chi connectivity index (χ3v) is 2.68. The molecule has 2 atom stereocenters. The molecular formula is C7H14N2. The van der Waals surface area contributed by atoms with Gasteiger partial charge in [0.1, 0.15) is 0 Å². The molecule has 1 N–H and O–H groups in total. The monoisotopic (exact) mass is 126 g/mol. The van der Waals surface area contributed by atoms with Crippen molar-refractivity contribution in [2.45, 2.75) is 24.9 Å². The predicted molar refractivity (Wildman–Crippen MR) is 37.4 cm³/mol. The Hall–Kier alpha value is -0.0800. The van der Waals surface area contributed by atoms with E-state index in [2.05, 4.69) is 17.3 Å². The molecule has 2 fully saturated rings. The van der Waals surface area contributed by atoms with E-state index in [1.165, 1.54) is 25.9 Å². The van der Waals surface area contributed by atoms with E-state index in [-0.39, 0.29) is 0 Å². The zero-order chi connectivity index (χ0) is 6.27. The van der Waals surface area contributed by atoms with Crippen LogP contribution < -0.4 is 5.32 Å². The van der Waals surface area contributed by atoms with Gasteiger partial charge in [-0.15, -0.1) is 0 Å². The molecule has 1 aliphatic carbocycles. The second kappa shape index (κ2) is 1.96. The van der Waals surface area contributed by atoms with E-state index in [1.807, 2.05) is 0 Å². The highest BCUT2D eigenvalue weighted by atomic mass is 15.2. The summed E-state index contributed by atoms with van der Waals surface area (Å²) in [7, 11) is 2.23. The van der Waals surface area contributed by atoms with Crippen LogP contribution in [0.3, 0.4) is 0 Å². The molecule has 1 aliphatic heterocycles. The largest absolute Gasteiger partial charge is 0.311 e. The minimum Gasteiger partial charge on any atom is -0.311 e. The van der Waals surface area contributed by atoms with Gasteiger partial charge in [-0.1, -0.05) is 0 Å². The third kappa shape index (κ3) is 0.775. The molecule has 0 radical (unpaired) electrons. The maximum absolute atomic E-state index is 3.51. The molecule has 1 saturated carbocycles. The van der Waals surface area contributed by atoms with Crippen LogP contribution in [0.1, 0.15) is 12.8 Å². The fraction of sp³-hybridized carbons (Fsp3) is 1.00. The van der Waals surface area contributed by atoms with Gasteiger partial charge in [0.25, 0.3) is 0 Å². The molecule has 52 valence electrons. The van der Waals surface area contributed by atoms with Crippen molar-refractivity contribution in [3.63, 3.8) is 0 Å². The van der Waals surface area contributed by atoms with E-state index in [4.69, 9.17) is 0 Å². The molecule has 0 aromatic carbocycles. The van der Waals surface area contributed by atoms with Crippen LogP contribution in [0.15, 0.2) is 0 Å². The Morgan fingerprint density at radius 3 is 2.78 bits per heavy atom. The number of piperazine rings is 1. The van der Waals surface area contributed by atoms with Crippen LogP contribution in [-0.4, -0.2) is 37.1 Å². The van der Waals surface area contributed by atoms with Crippen LogP contribution in [0.2, 0.25) is 0 Å². The lowest BCUT2D eigenvalue weighted by molar-refractivity contribution is 0.0750. The summed E-state index contributed by atoms with van der Waals surface area (Å²) in [4.78, 5) is 2.48. The lowest BCUT2D eigenvalue weighted by Crippen LogP contribution is -2.61. The first-order valence-electron chi connectivity index (χ1n) is 3.81. The van der Waals surface area contributed by atoms with Crippen LogP contribution in [-0.2, 0) is 0 Å². The molecule has 1 saturated heterocycles. The maximum Gasteiger partial charge on any atom is 0.0247 e. The summed E-state index contributed by atoms with van der Waals surface area (Å²) in [6.45, 7) is 2.43. The van der Waals surface area contributed by atoms with Crippen molar-refractivity contribution < 1.29 is 0 Å². The van der Waals surface area contributed by atoms with Gasteiger partial charge in [-0.05, 0) is 19.9 Å². The van der Waals surface area contributed by atoms with Gasteiger partial charge >= 0.3 is 0 Å². The number of hydrogen-bond donors (Lipinski definition) is 1. The van der Waals surface area contributed by atoms with E-state index in [0.717, 1.165) is 12.1 Å². The predicted octanol–water partition coefficient (Wildman–Crippen LogP) is 0.0524. The molecule has 2 aliphatic rings. The topological polar surface area (TPSA) is 15.3 Å². The van der Waals surface area contributed by atoms with Gasteiger partial charge in [0.2, 0.25) is 0 Å². The highest BCUT2D eigenvalue weighted by Gasteiger charge is 2.35. The van der Waals surface area contributed by atoms with Crippen LogP contribution in [0, 0.1) is 0 Å². The summed E-state index contributed by atoms with van der Waals surface area (Å²) in [6.07, 6.45) is 2.81. The van der Waals surface area contributed by atoms with Crippen molar-refractivity contribution in [3.8, 4) is 0 Å². The number of likely N-dealkylation sites (N-methyl/N-ethyl adjacent to an activating group) is 1. The van der Waals surface area contributed by atoms with Gasteiger partial charge in [0.15, 0.2) is 0 Å². The standard InChI is InChI=1S/C7H14N2/c1-9-5-4-8-6-2-3-7(6)9/h6-8H,2-5H2,1H3. The van der Waals surface area contributed by atoms with Gasteiger partial charge < -0.3 is 10.2 Å². The molecule has 0 aromatic rings. The second-order valence-corrected chi connectivity index (χ2v) is 3.19. The Balaban J connectivity index is 1.98. The number of rotatable bonds is 0. The Bertz CT molecular complexity index is 107. The lowest BCUT2D eigenvalue weighted by Gasteiger charge is -2.47. The van der Waals surface area contributed by atoms with Crippen LogP contribution in [0.25, 0.3) is 0 Å². The lowest BCUT2D eigenvalue weighted by atomic mass is 9.84. The molecule has 2 nitrogen and oxygen atoms in total. The van der Waals surface area contributed by atoms with Gasteiger partial charge in [-0.2, -0.15) is 0 Å². The Morgan fingerprint density at radius 1 is 1.44 bits per heavy atom. The molecule has 2 heteroatoms. The van der Waals surface area contributed by atoms with Gasteiger partial charge in [-0.3, -0.25) is 0 Å². The molecule has 0 aromatic heterocycles. The van der Waals surface area contributed by atoms with Crippen molar-refractivity contribution in [1.29, 1.82) is 0 Å².